The summed E-state index contributed by atoms with van der Waals surface area (Å²) in [5.41, 5.74) is 1.04. The molecular weight excluding hydrogens is 272 g/mol. The number of rotatable bonds is 5. The second-order valence-corrected chi connectivity index (χ2v) is 6.34. The summed E-state index contributed by atoms with van der Waals surface area (Å²) < 4.78 is 2.00. The summed E-state index contributed by atoms with van der Waals surface area (Å²) in [5.74, 6) is 1.71. The minimum Gasteiger partial charge on any atom is -0.373 e. The van der Waals surface area contributed by atoms with E-state index in [0.717, 1.165) is 25.9 Å². The van der Waals surface area contributed by atoms with Gasteiger partial charge < -0.3 is 5.32 Å². The molecule has 0 fully saturated rings. The average Bonchev–Trinajstić information content (AvgIpc) is 2.84. The quantitative estimate of drug-likeness (QED) is 0.852. The molecule has 4 nitrogen and oxygen atoms in total. The third kappa shape index (κ3) is 3.58. The zero-order valence-corrected chi connectivity index (χ0v) is 12.0. The maximum Gasteiger partial charge on any atom is 0.175 e. The highest BCUT2D eigenvalue weighted by Gasteiger charge is 2.04. The van der Waals surface area contributed by atoms with E-state index >= 15 is 0 Å². The summed E-state index contributed by atoms with van der Waals surface area (Å²) in [4.78, 5) is 4.45. The average molecular weight is 284 g/mol. The molecule has 2 heterocycles. The van der Waals surface area contributed by atoms with Gasteiger partial charge in [-0.2, -0.15) is 0 Å². The fourth-order valence-electron chi connectivity index (χ4n) is 1.17. The number of hydrogen-bond acceptors (Lipinski definition) is 7. The van der Waals surface area contributed by atoms with E-state index in [1.807, 2.05) is 31.5 Å². The van der Waals surface area contributed by atoms with Gasteiger partial charge in [0.15, 0.2) is 8.68 Å². The van der Waals surface area contributed by atoms with Crippen molar-refractivity contribution in [3.63, 3.8) is 0 Å². The molecule has 0 bridgehead atoms. The second-order valence-electron chi connectivity index (χ2n) is 3.09. The molecule has 2 rings (SSSR count). The van der Waals surface area contributed by atoms with E-state index in [0.29, 0.717) is 0 Å². The first-order chi connectivity index (χ1) is 8.31. The normalized spacial score (nSPS) is 10.5. The molecule has 0 spiro atoms. The SMILES string of the molecule is CNc1cccc(CSc2nnc(SC)s2)n1. The van der Waals surface area contributed by atoms with Crippen molar-refractivity contribution in [2.75, 3.05) is 18.6 Å². The van der Waals surface area contributed by atoms with Crippen molar-refractivity contribution >= 4 is 40.7 Å². The van der Waals surface area contributed by atoms with Crippen LogP contribution in [0.5, 0.6) is 0 Å². The van der Waals surface area contributed by atoms with E-state index in [1.54, 1.807) is 34.9 Å². The molecule has 0 aliphatic rings. The molecule has 0 atom stereocenters. The molecule has 0 aromatic carbocycles. The van der Waals surface area contributed by atoms with Gasteiger partial charge in [0.1, 0.15) is 5.82 Å². The fourth-order valence-corrected chi connectivity index (χ4v) is 3.52. The summed E-state index contributed by atoms with van der Waals surface area (Å²) in [6.07, 6.45) is 2.01. The van der Waals surface area contributed by atoms with E-state index in [-0.39, 0.29) is 0 Å². The zero-order chi connectivity index (χ0) is 12.1. The van der Waals surface area contributed by atoms with Gasteiger partial charge in [-0.15, -0.1) is 10.2 Å². The molecule has 0 amide bonds. The number of nitrogens with one attached hydrogen (secondary N) is 1. The number of pyridine rings is 1. The summed E-state index contributed by atoms with van der Waals surface area (Å²) in [6, 6.07) is 5.97. The Bertz CT molecular complexity index is 486. The molecule has 0 saturated heterocycles. The maximum atomic E-state index is 4.45. The maximum absolute atomic E-state index is 4.45. The molecule has 2 aromatic heterocycles. The van der Waals surface area contributed by atoms with E-state index < -0.39 is 0 Å². The highest BCUT2D eigenvalue weighted by atomic mass is 32.2. The van der Waals surface area contributed by atoms with Crippen molar-refractivity contribution in [3.05, 3.63) is 23.9 Å². The Kier molecular flexibility index (Phi) is 4.64. The van der Waals surface area contributed by atoms with Gasteiger partial charge in [0.25, 0.3) is 0 Å². The van der Waals surface area contributed by atoms with Gasteiger partial charge in [-0.3, -0.25) is 0 Å². The van der Waals surface area contributed by atoms with Crippen LogP contribution in [-0.2, 0) is 5.75 Å². The summed E-state index contributed by atoms with van der Waals surface area (Å²) in [7, 11) is 1.87. The van der Waals surface area contributed by atoms with Crippen LogP contribution in [0.4, 0.5) is 5.82 Å². The predicted molar refractivity (Wildman–Crippen MR) is 75.0 cm³/mol. The van der Waals surface area contributed by atoms with Gasteiger partial charge in [-0.1, -0.05) is 40.9 Å². The highest BCUT2D eigenvalue weighted by Crippen LogP contribution is 2.29. The van der Waals surface area contributed by atoms with Crippen molar-refractivity contribution in [2.45, 2.75) is 14.4 Å². The van der Waals surface area contributed by atoms with Crippen molar-refractivity contribution in [1.82, 2.24) is 15.2 Å². The summed E-state index contributed by atoms with van der Waals surface area (Å²) in [5, 5.41) is 11.2. The van der Waals surface area contributed by atoms with Crippen molar-refractivity contribution < 1.29 is 0 Å². The number of hydrogen-bond donors (Lipinski definition) is 1. The lowest BCUT2D eigenvalue weighted by Gasteiger charge is -2.01. The Morgan fingerprint density at radius 1 is 1.29 bits per heavy atom. The van der Waals surface area contributed by atoms with E-state index in [4.69, 9.17) is 0 Å². The Balaban J connectivity index is 1.96. The van der Waals surface area contributed by atoms with Gasteiger partial charge in [-0.25, -0.2) is 4.98 Å². The lowest BCUT2D eigenvalue weighted by atomic mass is 10.4. The first kappa shape index (κ1) is 12.7. The van der Waals surface area contributed by atoms with Gasteiger partial charge >= 0.3 is 0 Å². The van der Waals surface area contributed by atoms with Crippen LogP contribution in [-0.4, -0.2) is 28.5 Å². The topological polar surface area (TPSA) is 50.7 Å². The Morgan fingerprint density at radius 3 is 2.82 bits per heavy atom. The van der Waals surface area contributed by atoms with Crippen LogP contribution in [0.1, 0.15) is 5.69 Å². The monoisotopic (exact) mass is 284 g/mol. The smallest absolute Gasteiger partial charge is 0.175 e. The minimum atomic E-state index is 0.818. The number of nitrogens with zero attached hydrogens (tertiary/aromatic N) is 3. The Morgan fingerprint density at radius 2 is 2.12 bits per heavy atom. The Hall–Kier alpha value is -0.790. The summed E-state index contributed by atoms with van der Waals surface area (Å²) >= 11 is 4.92. The van der Waals surface area contributed by atoms with Crippen molar-refractivity contribution in [3.8, 4) is 0 Å². The Labute approximate surface area is 113 Å². The molecule has 1 N–H and O–H groups in total. The number of anilines is 1. The third-order valence-electron chi connectivity index (χ3n) is 1.97. The van der Waals surface area contributed by atoms with E-state index in [1.165, 1.54) is 0 Å². The first-order valence-corrected chi connectivity index (χ1v) is 7.98. The van der Waals surface area contributed by atoms with E-state index in [9.17, 15) is 0 Å². The van der Waals surface area contributed by atoms with Gasteiger partial charge in [0.2, 0.25) is 0 Å². The van der Waals surface area contributed by atoms with Gasteiger partial charge in [0.05, 0.1) is 5.69 Å². The fraction of sp³-hybridized carbons (Fsp3) is 0.300. The van der Waals surface area contributed by atoms with Crippen molar-refractivity contribution in [1.29, 1.82) is 0 Å². The van der Waals surface area contributed by atoms with Crippen LogP contribution in [0.25, 0.3) is 0 Å². The molecule has 0 aliphatic heterocycles. The van der Waals surface area contributed by atoms with Crippen LogP contribution in [0.15, 0.2) is 26.9 Å². The van der Waals surface area contributed by atoms with Crippen LogP contribution < -0.4 is 5.32 Å². The lowest BCUT2D eigenvalue weighted by molar-refractivity contribution is 0.955. The lowest BCUT2D eigenvalue weighted by Crippen LogP contribution is -1.94. The first-order valence-electron chi connectivity index (χ1n) is 4.96. The minimum absolute atomic E-state index is 0.818. The molecule has 0 aliphatic carbocycles. The largest absolute Gasteiger partial charge is 0.373 e. The molecule has 7 heteroatoms. The van der Waals surface area contributed by atoms with Crippen LogP contribution in [0, 0.1) is 0 Å². The summed E-state index contributed by atoms with van der Waals surface area (Å²) in [6.45, 7) is 0. The molecule has 17 heavy (non-hydrogen) atoms. The molecule has 90 valence electrons. The van der Waals surface area contributed by atoms with Crippen molar-refractivity contribution in [2.24, 2.45) is 0 Å². The van der Waals surface area contributed by atoms with Crippen LogP contribution in [0.3, 0.4) is 0 Å². The standard InChI is InChI=1S/C10H12N4S3/c1-11-8-5-3-4-7(12-8)6-16-10-14-13-9(15-2)17-10/h3-5H,6H2,1-2H3,(H,11,12). The van der Waals surface area contributed by atoms with Gasteiger partial charge in [0, 0.05) is 12.8 Å². The number of thioether (sulfide) groups is 2. The van der Waals surface area contributed by atoms with Crippen LogP contribution >= 0.6 is 34.9 Å². The molecule has 0 saturated carbocycles. The zero-order valence-electron chi connectivity index (χ0n) is 9.51. The number of aromatic nitrogens is 3. The molecule has 0 unspecified atom stereocenters. The molecular formula is C10H12N4S3. The van der Waals surface area contributed by atoms with Crippen LogP contribution in [0.2, 0.25) is 0 Å². The second kappa shape index (κ2) is 6.23. The van der Waals surface area contributed by atoms with E-state index in [2.05, 4.69) is 20.5 Å². The predicted octanol–water partition coefficient (Wildman–Crippen LogP) is 2.99. The highest BCUT2D eigenvalue weighted by molar-refractivity contribution is 8.02. The third-order valence-corrected chi connectivity index (χ3v) is 5.03. The van der Waals surface area contributed by atoms with Gasteiger partial charge in [-0.05, 0) is 18.4 Å². The molecule has 2 aromatic rings. The molecule has 0 radical (unpaired) electrons.